The van der Waals surface area contributed by atoms with Crippen LogP contribution in [0.1, 0.15) is 59.8 Å². The summed E-state index contributed by atoms with van der Waals surface area (Å²) in [6.07, 6.45) is 14.3. The Morgan fingerprint density at radius 1 is 1.00 bits per heavy atom. The summed E-state index contributed by atoms with van der Waals surface area (Å²) >= 11 is 0. The van der Waals surface area contributed by atoms with Crippen molar-refractivity contribution in [2.75, 3.05) is 0 Å². The molecule has 102 valence electrons. The van der Waals surface area contributed by atoms with Crippen molar-refractivity contribution in [3.05, 3.63) is 43.2 Å². The van der Waals surface area contributed by atoms with Crippen LogP contribution in [0.2, 0.25) is 0 Å². The van der Waals surface area contributed by atoms with Crippen molar-refractivity contribution in [2.24, 2.45) is 10.8 Å². The number of hydrogen-bond donors (Lipinski definition) is 0. The molecule has 0 rings (SSSR count). The Labute approximate surface area is 114 Å². The molecular weight excluding hydrogens is 216 g/mol. The van der Waals surface area contributed by atoms with E-state index < -0.39 is 0 Å². The molecule has 0 spiro atoms. The molecule has 0 aromatic carbocycles. The van der Waals surface area contributed by atoms with Crippen LogP contribution in [0, 0.1) is 10.8 Å². The first kappa shape index (κ1) is 17.0. The third-order valence-corrected chi connectivity index (χ3v) is 3.74. The van der Waals surface area contributed by atoms with Crippen molar-refractivity contribution in [1.29, 1.82) is 0 Å². The number of rotatable bonds is 9. The molecule has 0 heteroatoms. The van der Waals surface area contributed by atoms with Gasteiger partial charge in [0.05, 0.1) is 0 Å². The molecule has 0 aliphatic rings. The summed E-state index contributed by atoms with van der Waals surface area (Å²) in [6, 6.07) is 0. The summed E-state index contributed by atoms with van der Waals surface area (Å²) in [6.45, 7) is 16.6. The molecule has 0 nitrogen and oxygen atoms in total. The van der Waals surface area contributed by atoms with Crippen LogP contribution in [0.3, 0.4) is 0 Å². The summed E-state index contributed by atoms with van der Waals surface area (Å²) in [5.41, 5.74) is 3.54. The topological polar surface area (TPSA) is 0 Å². The van der Waals surface area contributed by atoms with Crippen LogP contribution in [-0.4, -0.2) is 0 Å². The SMILES string of the molecule is C=C=CCC(C)(C)CC=CCC(C)(CC)CC=C. The minimum Gasteiger partial charge on any atom is -0.133 e. The molecule has 0 aliphatic carbocycles. The van der Waals surface area contributed by atoms with Gasteiger partial charge in [-0.1, -0.05) is 58.9 Å². The Hall–Kier alpha value is -1.00. The largest absolute Gasteiger partial charge is 0.133 e. The molecule has 0 aromatic rings. The van der Waals surface area contributed by atoms with Gasteiger partial charge in [-0.15, -0.1) is 12.3 Å². The minimum absolute atomic E-state index is 0.308. The van der Waals surface area contributed by atoms with Crippen molar-refractivity contribution in [1.82, 2.24) is 0 Å². The first-order valence-electron chi connectivity index (χ1n) is 6.99. The van der Waals surface area contributed by atoms with E-state index in [2.05, 4.69) is 58.7 Å². The Kier molecular flexibility index (Phi) is 7.71. The first-order chi connectivity index (χ1) is 8.39. The van der Waals surface area contributed by atoms with E-state index in [9.17, 15) is 0 Å². The van der Waals surface area contributed by atoms with E-state index >= 15 is 0 Å². The molecule has 0 amide bonds. The highest BCUT2D eigenvalue weighted by Crippen LogP contribution is 2.31. The predicted octanol–water partition coefficient (Wildman–Crippen LogP) is 6.07. The average Bonchev–Trinajstić information content (AvgIpc) is 2.33. The fraction of sp³-hybridized carbons (Fsp3) is 0.611. The molecule has 1 unspecified atom stereocenters. The van der Waals surface area contributed by atoms with Gasteiger partial charge in [-0.2, -0.15) is 0 Å². The normalized spacial score (nSPS) is 15.1. The lowest BCUT2D eigenvalue weighted by Gasteiger charge is -2.25. The second-order valence-corrected chi connectivity index (χ2v) is 6.31. The lowest BCUT2D eigenvalue weighted by molar-refractivity contribution is 0.318. The van der Waals surface area contributed by atoms with Crippen LogP contribution in [-0.2, 0) is 0 Å². The molecule has 0 N–H and O–H groups in total. The van der Waals surface area contributed by atoms with Gasteiger partial charge in [-0.25, -0.2) is 0 Å². The van der Waals surface area contributed by atoms with Gasteiger partial charge >= 0.3 is 0 Å². The van der Waals surface area contributed by atoms with Crippen molar-refractivity contribution in [3.8, 4) is 0 Å². The Morgan fingerprint density at radius 3 is 2.11 bits per heavy atom. The molecular formula is C18H30. The fourth-order valence-electron chi connectivity index (χ4n) is 1.92. The molecule has 0 saturated carbocycles. The molecule has 1 atom stereocenters. The van der Waals surface area contributed by atoms with E-state index in [1.54, 1.807) is 0 Å². The van der Waals surface area contributed by atoms with Gasteiger partial charge < -0.3 is 0 Å². The molecule has 0 saturated heterocycles. The smallest absolute Gasteiger partial charge is 0.0220 e. The summed E-state index contributed by atoms with van der Waals surface area (Å²) < 4.78 is 0. The molecule has 0 heterocycles. The van der Waals surface area contributed by atoms with E-state index in [0.29, 0.717) is 10.8 Å². The monoisotopic (exact) mass is 246 g/mol. The highest BCUT2D eigenvalue weighted by molar-refractivity contribution is 4.95. The highest BCUT2D eigenvalue weighted by atomic mass is 14.2. The third kappa shape index (κ3) is 7.35. The van der Waals surface area contributed by atoms with Crippen molar-refractivity contribution >= 4 is 0 Å². The van der Waals surface area contributed by atoms with Crippen molar-refractivity contribution in [2.45, 2.75) is 59.8 Å². The summed E-state index contributed by atoms with van der Waals surface area (Å²) in [5, 5.41) is 0. The van der Waals surface area contributed by atoms with Gasteiger partial charge in [0.15, 0.2) is 0 Å². The Morgan fingerprint density at radius 2 is 1.61 bits per heavy atom. The van der Waals surface area contributed by atoms with Crippen LogP contribution in [0.25, 0.3) is 0 Å². The Balaban J connectivity index is 4.24. The van der Waals surface area contributed by atoms with Crippen LogP contribution >= 0.6 is 0 Å². The molecule has 18 heavy (non-hydrogen) atoms. The average molecular weight is 246 g/mol. The van der Waals surface area contributed by atoms with Gasteiger partial charge in [0, 0.05) is 0 Å². The summed E-state index contributed by atoms with van der Waals surface area (Å²) in [7, 11) is 0. The maximum Gasteiger partial charge on any atom is -0.0220 e. The lowest BCUT2D eigenvalue weighted by atomic mass is 9.80. The maximum atomic E-state index is 3.85. The molecule has 0 aliphatic heterocycles. The van der Waals surface area contributed by atoms with Crippen LogP contribution in [0.5, 0.6) is 0 Å². The van der Waals surface area contributed by atoms with Crippen molar-refractivity contribution < 1.29 is 0 Å². The number of hydrogen-bond acceptors (Lipinski definition) is 0. The standard InChI is InChI=1S/C18H30/c1-7-10-14-17(4,5)15-11-12-16-18(6,9-3)13-8-2/h8,10-12H,1-2,9,13-16H2,3-6H3. The van der Waals surface area contributed by atoms with E-state index in [1.807, 2.05) is 12.2 Å². The second-order valence-electron chi connectivity index (χ2n) is 6.31. The highest BCUT2D eigenvalue weighted by Gasteiger charge is 2.18. The van der Waals surface area contributed by atoms with Gasteiger partial charge in [-0.05, 0) is 42.6 Å². The lowest BCUT2D eigenvalue weighted by Crippen LogP contribution is -2.13. The van der Waals surface area contributed by atoms with Crippen LogP contribution < -0.4 is 0 Å². The van der Waals surface area contributed by atoms with E-state index in [0.717, 1.165) is 25.7 Å². The third-order valence-electron chi connectivity index (χ3n) is 3.74. The van der Waals surface area contributed by atoms with E-state index in [4.69, 9.17) is 0 Å². The minimum atomic E-state index is 0.308. The van der Waals surface area contributed by atoms with Gasteiger partial charge in [-0.3, -0.25) is 0 Å². The van der Waals surface area contributed by atoms with Gasteiger partial charge in [0.2, 0.25) is 0 Å². The molecule has 0 fully saturated rings. The second kappa shape index (κ2) is 8.16. The summed E-state index contributed by atoms with van der Waals surface area (Å²) in [5.74, 6) is 0. The molecule has 0 radical (unpaired) electrons. The first-order valence-corrected chi connectivity index (χ1v) is 6.99. The van der Waals surface area contributed by atoms with Gasteiger partial charge in [0.1, 0.15) is 0 Å². The quantitative estimate of drug-likeness (QED) is 0.342. The maximum absolute atomic E-state index is 3.85. The zero-order chi connectivity index (χ0) is 14.1. The van der Waals surface area contributed by atoms with Gasteiger partial charge in [0.25, 0.3) is 0 Å². The Bertz CT molecular complexity index is 313. The molecule has 0 aromatic heterocycles. The fourth-order valence-corrected chi connectivity index (χ4v) is 1.92. The summed E-state index contributed by atoms with van der Waals surface area (Å²) in [4.78, 5) is 0. The predicted molar refractivity (Wildman–Crippen MR) is 83.7 cm³/mol. The van der Waals surface area contributed by atoms with Crippen LogP contribution in [0.4, 0.5) is 0 Å². The zero-order valence-corrected chi connectivity index (χ0v) is 12.8. The van der Waals surface area contributed by atoms with Crippen molar-refractivity contribution in [3.63, 3.8) is 0 Å². The molecule has 0 bridgehead atoms. The van der Waals surface area contributed by atoms with E-state index in [1.165, 1.54) is 6.42 Å². The van der Waals surface area contributed by atoms with E-state index in [-0.39, 0.29) is 0 Å². The zero-order valence-electron chi connectivity index (χ0n) is 12.8. The number of allylic oxidation sites excluding steroid dienone is 4. The van der Waals surface area contributed by atoms with Crippen LogP contribution in [0.15, 0.2) is 43.2 Å².